The number of nitrogens with zero attached hydrogens (tertiary/aromatic N) is 2. The lowest BCUT2D eigenvalue weighted by atomic mass is 10.0. The van der Waals surface area contributed by atoms with Gasteiger partial charge in [0.05, 0.1) is 16.1 Å². The summed E-state index contributed by atoms with van der Waals surface area (Å²) >= 11 is 0. The second-order valence-electron chi connectivity index (χ2n) is 7.57. The molecular weight excluding hydrogens is 466 g/mol. The number of carbonyl (C=O) groups excluding carboxylic acids is 1. The van der Waals surface area contributed by atoms with Gasteiger partial charge in [-0.15, -0.1) is 0 Å². The third-order valence-corrected chi connectivity index (χ3v) is 6.90. The molecule has 35 heavy (non-hydrogen) atoms. The third-order valence-electron chi connectivity index (χ3n) is 5.25. The Labute approximate surface area is 202 Å². The Morgan fingerprint density at radius 1 is 0.886 bits per heavy atom. The Bertz CT molecular complexity index is 1510. The second-order valence-corrected chi connectivity index (χ2v) is 9.41. The molecule has 4 rings (SSSR count). The molecule has 0 aliphatic carbocycles. The Morgan fingerprint density at radius 3 is 2.29 bits per heavy atom. The summed E-state index contributed by atoms with van der Waals surface area (Å²) in [5.41, 5.74) is 2.53. The molecular formula is C26H21N3O5S. The number of hydrogen-bond acceptors (Lipinski definition) is 5. The van der Waals surface area contributed by atoms with Crippen LogP contribution in [0.2, 0.25) is 0 Å². The molecule has 0 aliphatic rings. The van der Waals surface area contributed by atoms with Gasteiger partial charge in [-0.1, -0.05) is 42.5 Å². The summed E-state index contributed by atoms with van der Waals surface area (Å²) in [6.07, 6.45) is 5.53. The van der Waals surface area contributed by atoms with E-state index in [0.717, 1.165) is 8.98 Å². The summed E-state index contributed by atoms with van der Waals surface area (Å²) in [4.78, 5) is 23.6. The van der Waals surface area contributed by atoms with E-state index in [1.54, 1.807) is 54.6 Å². The maximum Gasteiger partial charge on any atom is 0.335 e. The van der Waals surface area contributed by atoms with Gasteiger partial charge in [-0.25, -0.2) is 28.0 Å². The van der Waals surface area contributed by atoms with E-state index < -0.39 is 21.9 Å². The molecule has 0 unspecified atom stereocenters. The van der Waals surface area contributed by atoms with Crippen molar-refractivity contribution in [3.05, 3.63) is 115 Å². The topological polar surface area (TPSA) is 123 Å². The van der Waals surface area contributed by atoms with Crippen LogP contribution in [0.1, 0.15) is 15.9 Å². The first kappa shape index (κ1) is 23.7. The quantitative estimate of drug-likeness (QED) is 0.176. The first-order chi connectivity index (χ1) is 16.8. The lowest BCUT2D eigenvalue weighted by Gasteiger charge is -2.13. The van der Waals surface area contributed by atoms with Crippen molar-refractivity contribution in [1.82, 2.24) is 3.97 Å². The minimum atomic E-state index is -3.87. The molecule has 1 aromatic heterocycles. The van der Waals surface area contributed by atoms with Crippen LogP contribution in [-0.4, -0.2) is 29.4 Å². The van der Waals surface area contributed by atoms with Crippen LogP contribution in [0.4, 0.5) is 5.69 Å². The third kappa shape index (κ3) is 5.21. The molecule has 3 N–H and O–H groups in total. The molecule has 0 aliphatic heterocycles. The molecule has 0 bridgehead atoms. The average Bonchev–Trinajstić information content (AvgIpc) is 3.37. The van der Waals surface area contributed by atoms with Gasteiger partial charge in [0.15, 0.2) is 0 Å². The van der Waals surface area contributed by atoms with Crippen LogP contribution >= 0.6 is 0 Å². The van der Waals surface area contributed by atoms with Crippen molar-refractivity contribution in [1.29, 1.82) is 0 Å². The summed E-state index contributed by atoms with van der Waals surface area (Å²) in [5, 5.41) is 10.2. The number of anilines is 1. The normalized spacial score (nSPS) is 11.5. The number of rotatable bonds is 7. The maximum absolute atomic E-state index is 13.0. The molecule has 0 saturated carbocycles. The van der Waals surface area contributed by atoms with Crippen molar-refractivity contribution in [3.8, 4) is 11.1 Å². The predicted molar refractivity (Wildman–Crippen MR) is 133 cm³/mol. The van der Waals surface area contributed by atoms with Crippen LogP contribution in [-0.2, 0) is 14.8 Å². The minimum Gasteiger partial charge on any atom is -0.478 e. The number of aromatic nitrogens is 1. The zero-order chi connectivity index (χ0) is 25.0. The van der Waals surface area contributed by atoms with Gasteiger partial charge in [0, 0.05) is 18.5 Å². The Kier molecular flexibility index (Phi) is 6.63. The van der Waals surface area contributed by atoms with Crippen LogP contribution < -0.4 is 10.9 Å². The van der Waals surface area contributed by atoms with Crippen molar-refractivity contribution < 1.29 is 23.1 Å². The summed E-state index contributed by atoms with van der Waals surface area (Å²) in [6.45, 7) is 0. The lowest BCUT2D eigenvalue weighted by molar-refractivity contribution is -0.114. The monoisotopic (exact) mass is 487 g/mol. The molecule has 3 aromatic carbocycles. The van der Waals surface area contributed by atoms with E-state index in [1.165, 1.54) is 48.8 Å². The van der Waals surface area contributed by atoms with Crippen LogP contribution in [0, 0.1) is 0 Å². The van der Waals surface area contributed by atoms with Crippen molar-refractivity contribution in [2.45, 2.75) is 4.90 Å². The van der Waals surface area contributed by atoms with E-state index in [2.05, 4.69) is 0 Å². The average molecular weight is 488 g/mol. The fraction of sp³-hybridized carbons (Fsp3) is 0. The SMILES string of the molecule is NN(C(=O)/C=C/c1ccn(S(=O)(=O)c2ccc(-c3cccc(C(=O)O)c3)cc2)c1)c1ccccc1. The summed E-state index contributed by atoms with van der Waals surface area (Å²) in [7, 11) is -3.87. The second kappa shape index (κ2) is 9.80. The number of carboxylic acids is 1. The van der Waals surface area contributed by atoms with Crippen LogP contribution in [0.5, 0.6) is 0 Å². The number of para-hydroxylation sites is 1. The number of carbonyl (C=O) groups is 2. The smallest absolute Gasteiger partial charge is 0.335 e. The lowest BCUT2D eigenvalue weighted by Crippen LogP contribution is -2.35. The number of aromatic carboxylic acids is 1. The fourth-order valence-electron chi connectivity index (χ4n) is 3.38. The van der Waals surface area contributed by atoms with Gasteiger partial charge in [0.2, 0.25) is 0 Å². The van der Waals surface area contributed by atoms with Gasteiger partial charge >= 0.3 is 5.97 Å². The number of nitrogens with two attached hydrogens (primary N) is 1. The molecule has 1 heterocycles. The number of hydrazine groups is 1. The Morgan fingerprint density at radius 2 is 1.60 bits per heavy atom. The molecule has 0 atom stereocenters. The largest absolute Gasteiger partial charge is 0.478 e. The van der Waals surface area contributed by atoms with Crippen molar-refractivity contribution in [3.63, 3.8) is 0 Å². The highest BCUT2D eigenvalue weighted by atomic mass is 32.2. The van der Waals surface area contributed by atoms with Crippen LogP contribution in [0.25, 0.3) is 17.2 Å². The van der Waals surface area contributed by atoms with Crippen molar-refractivity contribution in [2.24, 2.45) is 5.84 Å². The van der Waals surface area contributed by atoms with Gasteiger partial charge in [-0.3, -0.25) is 4.79 Å². The molecule has 0 radical (unpaired) electrons. The number of amides is 1. The Hall–Kier alpha value is -4.47. The van der Waals surface area contributed by atoms with Crippen LogP contribution in [0.3, 0.4) is 0 Å². The number of hydrogen-bond donors (Lipinski definition) is 2. The van der Waals surface area contributed by atoms with E-state index in [0.29, 0.717) is 22.4 Å². The van der Waals surface area contributed by atoms with Gasteiger partial charge in [-0.05, 0) is 65.2 Å². The highest BCUT2D eigenvalue weighted by Gasteiger charge is 2.17. The van der Waals surface area contributed by atoms with Gasteiger partial charge in [0.25, 0.3) is 15.9 Å². The first-order valence-electron chi connectivity index (χ1n) is 10.4. The zero-order valence-corrected chi connectivity index (χ0v) is 19.2. The molecule has 4 aromatic rings. The molecule has 1 amide bonds. The number of benzene rings is 3. The summed E-state index contributed by atoms with van der Waals surface area (Å²) in [5.74, 6) is 4.33. The Balaban J connectivity index is 1.50. The van der Waals surface area contributed by atoms with Crippen molar-refractivity contribution in [2.75, 3.05) is 5.01 Å². The molecule has 9 heteroatoms. The van der Waals surface area contributed by atoms with E-state index in [9.17, 15) is 18.0 Å². The van der Waals surface area contributed by atoms with Crippen LogP contribution in [0.15, 0.2) is 108 Å². The first-order valence-corrected chi connectivity index (χ1v) is 11.9. The molecule has 0 fully saturated rings. The summed E-state index contributed by atoms with van der Waals surface area (Å²) in [6, 6.07) is 22.9. The minimum absolute atomic E-state index is 0.0649. The van der Waals surface area contributed by atoms with E-state index in [-0.39, 0.29) is 10.5 Å². The zero-order valence-electron chi connectivity index (χ0n) is 18.4. The van der Waals surface area contributed by atoms with Gasteiger partial charge in [-0.2, -0.15) is 0 Å². The van der Waals surface area contributed by atoms with Gasteiger partial charge in [0.1, 0.15) is 0 Å². The van der Waals surface area contributed by atoms with E-state index in [4.69, 9.17) is 10.9 Å². The molecule has 8 nitrogen and oxygen atoms in total. The number of carboxylic acid groups (broad SMARTS) is 1. The standard InChI is InChI=1S/C26H21N3O5S/c27-29(23-7-2-1-3-8-23)25(30)14-9-19-15-16-28(18-19)35(33,34)24-12-10-20(11-13-24)21-5-4-6-22(17-21)26(31)32/h1-18H,27H2,(H,31,32)/b14-9+. The summed E-state index contributed by atoms with van der Waals surface area (Å²) < 4.78 is 27.1. The molecule has 0 saturated heterocycles. The highest BCUT2D eigenvalue weighted by Crippen LogP contribution is 2.24. The van der Waals surface area contributed by atoms with Crippen molar-refractivity contribution >= 4 is 33.7 Å². The molecule has 176 valence electrons. The van der Waals surface area contributed by atoms with E-state index in [1.807, 2.05) is 6.07 Å². The van der Waals surface area contributed by atoms with E-state index >= 15 is 0 Å². The van der Waals surface area contributed by atoms with Gasteiger partial charge < -0.3 is 5.11 Å². The predicted octanol–water partition coefficient (Wildman–Crippen LogP) is 4.01. The maximum atomic E-state index is 13.0. The molecule has 0 spiro atoms. The highest BCUT2D eigenvalue weighted by molar-refractivity contribution is 7.90. The fourth-order valence-corrected chi connectivity index (χ4v) is 4.58.